The molecule has 3 heterocycles. The lowest BCUT2D eigenvalue weighted by Gasteiger charge is -2.38. The number of carbonyl (C=O) groups excluding carboxylic acids is 2. The molecule has 2 amide bonds. The number of carboxylic acid groups (broad SMARTS) is 1. The van der Waals surface area contributed by atoms with Gasteiger partial charge in [-0.2, -0.15) is 0 Å². The number of carboxylic acids is 1. The van der Waals surface area contributed by atoms with Gasteiger partial charge < -0.3 is 20.1 Å². The molecule has 4 aromatic rings. The molecular formula is C35H38N4O5S. The quantitative estimate of drug-likeness (QED) is 0.227. The number of rotatable bonds is 10. The average molecular weight is 627 g/mol. The number of thiophene rings is 1. The van der Waals surface area contributed by atoms with E-state index < -0.39 is 17.9 Å². The molecule has 0 radical (unpaired) electrons. The standard InChI is InChI=1S/C35H38N4O5S/c1-21(2)44-27-12-10-23(11-13-27)25-17-36-31(37-18-25)24-8-6-22(7-9-24)16-28(33(41)39-19-26(20-39)34(42)43)38-32(40)29-14-15-30(45-29)35(3,4)5/h6-15,17-18,21,26,28H,16,19-20H2,1-5H3,(H,38,40)(H,42,43). The third-order valence-electron chi connectivity index (χ3n) is 7.58. The summed E-state index contributed by atoms with van der Waals surface area (Å²) in [5.74, 6) is -0.741. The van der Waals surface area contributed by atoms with Crippen LogP contribution in [0.15, 0.2) is 73.1 Å². The molecule has 2 aromatic heterocycles. The number of hydrogen-bond acceptors (Lipinski definition) is 7. The van der Waals surface area contributed by atoms with Crippen molar-refractivity contribution >= 4 is 29.1 Å². The van der Waals surface area contributed by atoms with Gasteiger partial charge in [-0.1, -0.05) is 57.2 Å². The van der Waals surface area contributed by atoms with E-state index in [2.05, 4.69) is 36.1 Å². The molecule has 1 saturated heterocycles. The Morgan fingerprint density at radius 2 is 1.56 bits per heavy atom. The Bertz CT molecular complexity index is 1650. The van der Waals surface area contributed by atoms with Crippen LogP contribution in [0.5, 0.6) is 5.75 Å². The topological polar surface area (TPSA) is 122 Å². The van der Waals surface area contributed by atoms with Gasteiger partial charge in [0.25, 0.3) is 5.91 Å². The van der Waals surface area contributed by atoms with E-state index in [9.17, 15) is 19.5 Å². The highest BCUT2D eigenvalue weighted by Crippen LogP contribution is 2.30. The van der Waals surface area contributed by atoms with Gasteiger partial charge in [0.2, 0.25) is 5.91 Å². The van der Waals surface area contributed by atoms with E-state index in [1.165, 1.54) is 16.2 Å². The van der Waals surface area contributed by atoms with Crippen LogP contribution in [-0.2, 0) is 21.4 Å². The van der Waals surface area contributed by atoms with Gasteiger partial charge in [0, 0.05) is 47.9 Å². The molecule has 234 valence electrons. The number of aromatic nitrogens is 2. The number of benzene rings is 2. The summed E-state index contributed by atoms with van der Waals surface area (Å²) in [6.07, 6.45) is 3.93. The molecule has 5 rings (SSSR count). The van der Waals surface area contributed by atoms with Crippen molar-refractivity contribution in [3.63, 3.8) is 0 Å². The molecule has 0 bridgehead atoms. The minimum absolute atomic E-state index is 0.0953. The van der Waals surface area contributed by atoms with Crippen LogP contribution < -0.4 is 10.1 Å². The third kappa shape index (κ3) is 7.75. The van der Waals surface area contributed by atoms with Gasteiger partial charge in [-0.05, 0) is 54.7 Å². The first kappa shape index (κ1) is 31.8. The summed E-state index contributed by atoms with van der Waals surface area (Å²) in [6.45, 7) is 10.5. The number of carbonyl (C=O) groups is 3. The Kier molecular flexibility index (Phi) is 9.34. The summed E-state index contributed by atoms with van der Waals surface area (Å²) in [7, 11) is 0. The second-order valence-corrected chi connectivity index (χ2v) is 13.7. The third-order valence-corrected chi connectivity index (χ3v) is 9.09. The van der Waals surface area contributed by atoms with Crippen LogP contribution in [0.3, 0.4) is 0 Å². The summed E-state index contributed by atoms with van der Waals surface area (Å²) in [6, 6.07) is 18.3. The molecule has 1 atom stereocenters. The van der Waals surface area contributed by atoms with E-state index in [-0.39, 0.29) is 42.8 Å². The molecule has 2 aromatic carbocycles. The van der Waals surface area contributed by atoms with Gasteiger partial charge in [0.05, 0.1) is 16.9 Å². The predicted octanol–water partition coefficient (Wildman–Crippen LogP) is 5.84. The highest BCUT2D eigenvalue weighted by molar-refractivity contribution is 7.14. The Labute approximate surface area is 267 Å². The van der Waals surface area contributed by atoms with Crippen LogP contribution in [0.25, 0.3) is 22.5 Å². The maximum absolute atomic E-state index is 13.4. The summed E-state index contributed by atoms with van der Waals surface area (Å²) < 4.78 is 5.72. The van der Waals surface area contributed by atoms with Crippen molar-refractivity contribution in [2.24, 2.45) is 5.92 Å². The molecule has 0 aliphatic carbocycles. The van der Waals surface area contributed by atoms with Crippen LogP contribution >= 0.6 is 11.3 Å². The first-order valence-corrected chi connectivity index (χ1v) is 15.8. The first-order valence-electron chi connectivity index (χ1n) is 15.0. The van der Waals surface area contributed by atoms with Crippen molar-refractivity contribution in [1.82, 2.24) is 20.2 Å². The van der Waals surface area contributed by atoms with Crippen LogP contribution in [0.4, 0.5) is 0 Å². The Hall–Kier alpha value is -4.57. The molecule has 1 aliphatic rings. The second-order valence-electron chi connectivity index (χ2n) is 12.6. The van der Waals surface area contributed by atoms with Crippen molar-refractivity contribution in [3.8, 4) is 28.3 Å². The highest BCUT2D eigenvalue weighted by Gasteiger charge is 2.39. The highest BCUT2D eigenvalue weighted by atomic mass is 32.1. The van der Waals surface area contributed by atoms with Crippen LogP contribution in [0.2, 0.25) is 0 Å². The lowest BCUT2D eigenvalue weighted by atomic mass is 9.95. The fourth-order valence-corrected chi connectivity index (χ4v) is 5.94. The van der Waals surface area contributed by atoms with E-state index in [0.717, 1.165) is 32.9 Å². The molecule has 9 nitrogen and oxygen atoms in total. The first-order chi connectivity index (χ1) is 21.4. The van der Waals surface area contributed by atoms with Gasteiger partial charge >= 0.3 is 5.97 Å². The molecule has 1 aliphatic heterocycles. The number of amides is 2. The maximum atomic E-state index is 13.4. The lowest BCUT2D eigenvalue weighted by Crippen LogP contribution is -2.59. The minimum atomic E-state index is -0.923. The summed E-state index contributed by atoms with van der Waals surface area (Å²) in [5, 5.41) is 12.2. The van der Waals surface area contributed by atoms with Crippen LogP contribution in [0, 0.1) is 5.92 Å². The minimum Gasteiger partial charge on any atom is -0.491 e. The molecule has 1 unspecified atom stereocenters. The van der Waals surface area contributed by atoms with Crippen molar-refractivity contribution in [3.05, 3.63) is 88.4 Å². The van der Waals surface area contributed by atoms with Crippen molar-refractivity contribution in [1.29, 1.82) is 0 Å². The number of nitrogens with one attached hydrogen (secondary N) is 1. The van der Waals surface area contributed by atoms with E-state index in [1.807, 2.05) is 68.4 Å². The van der Waals surface area contributed by atoms with E-state index in [1.54, 1.807) is 18.5 Å². The molecule has 0 spiro atoms. The predicted molar refractivity (Wildman–Crippen MR) is 174 cm³/mol. The van der Waals surface area contributed by atoms with Crippen molar-refractivity contribution < 1.29 is 24.2 Å². The van der Waals surface area contributed by atoms with E-state index >= 15 is 0 Å². The van der Waals surface area contributed by atoms with Gasteiger partial charge in [-0.25, -0.2) is 9.97 Å². The van der Waals surface area contributed by atoms with Crippen LogP contribution in [-0.4, -0.2) is 63.0 Å². The Morgan fingerprint density at radius 3 is 2.11 bits per heavy atom. The maximum Gasteiger partial charge on any atom is 0.310 e. The monoisotopic (exact) mass is 626 g/mol. The average Bonchev–Trinajstić information content (AvgIpc) is 3.48. The summed E-state index contributed by atoms with van der Waals surface area (Å²) in [4.78, 5) is 50.2. The largest absolute Gasteiger partial charge is 0.491 e. The smallest absolute Gasteiger partial charge is 0.310 e. The molecule has 0 saturated carbocycles. The van der Waals surface area contributed by atoms with E-state index in [0.29, 0.717) is 10.7 Å². The number of nitrogens with zero attached hydrogens (tertiary/aromatic N) is 3. The Balaban J connectivity index is 1.28. The normalized spacial score (nSPS) is 14.1. The zero-order chi connectivity index (χ0) is 32.3. The zero-order valence-electron chi connectivity index (χ0n) is 26.1. The number of ether oxygens (including phenoxy) is 1. The lowest BCUT2D eigenvalue weighted by molar-refractivity contribution is -0.153. The summed E-state index contributed by atoms with van der Waals surface area (Å²) in [5.41, 5.74) is 3.44. The SMILES string of the molecule is CC(C)Oc1ccc(-c2cnc(-c3ccc(CC(NC(=O)c4ccc(C(C)(C)C)s4)C(=O)N4CC(C(=O)O)C4)cc3)nc2)cc1. The molecule has 45 heavy (non-hydrogen) atoms. The van der Waals surface area contributed by atoms with Gasteiger partial charge in [0.1, 0.15) is 11.8 Å². The molecule has 1 fully saturated rings. The fraction of sp³-hybridized carbons (Fsp3) is 0.343. The number of hydrogen-bond donors (Lipinski definition) is 2. The Morgan fingerprint density at radius 1 is 0.933 bits per heavy atom. The zero-order valence-corrected chi connectivity index (χ0v) is 26.9. The van der Waals surface area contributed by atoms with Crippen molar-refractivity contribution in [2.45, 2.75) is 58.6 Å². The molecule has 2 N–H and O–H groups in total. The fourth-order valence-electron chi connectivity index (χ4n) is 4.98. The molecule has 10 heteroatoms. The van der Waals surface area contributed by atoms with Gasteiger partial charge in [0.15, 0.2) is 5.82 Å². The second kappa shape index (κ2) is 13.2. The van der Waals surface area contributed by atoms with Crippen LogP contribution in [0.1, 0.15) is 54.7 Å². The van der Waals surface area contributed by atoms with Gasteiger partial charge in [-0.15, -0.1) is 11.3 Å². The van der Waals surface area contributed by atoms with Gasteiger partial charge in [-0.3, -0.25) is 14.4 Å². The molecular weight excluding hydrogens is 588 g/mol. The number of likely N-dealkylation sites (tertiary alicyclic amines) is 1. The van der Waals surface area contributed by atoms with E-state index in [4.69, 9.17) is 4.74 Å². The van der Waals surface area contributed by atoms with Crippen molar-refractivity contribution in [2.75, 3.05) is 13.1 Å². The summed E-state index contributed by atoms with van der Waals surface area (Å²) >= 11 is 1.41. The number of aliphatic carboxylic acids is 1.